The first kappa shape index (κ1) is 68.9. The van der Waals surface area contributed by atoms with E-state index in [2.05, 4.69) is 363 Å². The van der Waals surface area contributed by atoms with Crippen molar-refractivity contribution in [1.29, 1.82) is 0 Å². The van der Waals surface area contributed by atoms with E-state index in [0.717, 1.165) is 113 Å². The van der Waals surface area contributed by atoms with Crippen LogP contribution in [-0.4, -0.2) is 36.4 Å². The minimum absolute atomic E-state index is 0.588. The molecule has 0 spiro atoms. The Hall–Kier alpha value is -12.2. The van der Waals surface area contributed by atoms with Crippen LogP contribution in [0.5, 0.6) is 5.75 Å². The first-order valence-corrected chi connectivity index (χ1v) is 39.0. The number of nitrogens with zero attached hydrogens (tertiary/aromatic N) is 5. The van der Waals surface area contributed by atoms with Gasteiger partial charge >= 0.3 is 0 Å². The van der Waals surface area contributed by atoms with Crippen LogP contribution in [0.2, 0.25) is 0 Å². The average Bonchev–Trinajstić information content (AvgIpc) is 1.59. The highest BCUT2D eigenvalue weighted by Gasteiger charge is 2.21. The fraction of sp³-hybridized carbons (Fsp3) is 0.139. The fourth-order valence-electron chi connectivity index (χ4n) is 15.9. The van der Waals surface area contributed by atoms with Crippen molar-refractivity contribution in [3.05, 3.63) is 339 Å². The molecule has 0 saturated heterocycles. The van der Waals surface area contributed by atoms with Gasteiger partial charge in [0.15, 0.2) is 17.5 Å². The Balaban J connectivity index is 0.709. The van der Waals surface area contributed by atoms with Gasteiger partial charge in [-0.05, 0) is 225 Å². The Morgan fingerprint density at radius 2 is 0.546 bits per heavy atom. The lowest BCUT2D eigenvalue weighted by molar-refractivity contribution is 0.304. The van der Waals surface area contributed by atoms with Crippen molar-refractivity contribution in [2.75, 3.05) is 12.4 Å². The number of aromatic nitrogens is 5. The summed E-state index contributed by atoms with van der Waals surface area (Å²) in [6.45, 7) is 5.15. The molecule has 0 fully saturated rings. The number of benzene rings is 14. The van der Waals surface area contributed by atoms with Crippen molar-refractivity contribution in [3.63, 3.8) is 0 Å². The van der Waals surface area contributed by atoms with Crippen molar-refractivity contribution in [3.8, 4) is 129 Å². The molecule has 7 heteroatoms. The predicted molar refractivity (Wildman–Crippen MR) is 458 cm³/mol. The molecule has 3 aromatic heterocycles. The van der Waals surface area contributed by atoms with Gasteiger partial charge in [-0.3, -0.25) is 0 Å². The van der Waals surface area contributed by atoms with Crippen LogP contribution in [0.3, 0.4) is 0 Å². The maximum Gasteiger partial charge on any atom is 0.164 e. The molecule has 0 atom stereocenters. The molecule has 0 unspecified atom stereocenters. The molecule has 0 amide bonds. The number of unbranched alkanes of at least 4 members (excludes halogenated alkanes) is 9. The van der Waals surface area contributed by atoms with Crippen LogP contribution in [0.4, 0.5) is 0 Å². The van der Waals surface area contributed by atoms with E-state index in [-0.39, 0.29) is 0 Å². The van der Waals surface area contributed by atoms with E-state index >= 15 is 0 Å². The zero-order valence-electron chi connectivity index (χ0n) is 61.3. The fourth-order valence-corrected chi connectivity index (χ4v) is 16.1. The summed E-state index contributed by atoms with van der Waals surface area (Å²) >= 11 is 4.37. The van der Waals surface area contributed by atoms with Crippen molar-refractivity contribution in [1.82, 2.24) is 24.1 Å². The van der Waals surface area contributed by atoms with Crippen molar-refractivity contribution < 1.29 is 4.74 Å². The van der Waals surface area contributed by atoms with E-state index in [1.165, 1.54) is 124 Å². The van der Waals surface area contributed by atoms with Crippen molar-refractivity contribution in [2.45, 2.75) is 78.1 Å². The van der Waals surface area contributed by atoms with Gasteiger partial charge in [0.1, 0.15) is 5.75 Å². The van der Waals surface area contributed by atoms with E-state index in [0.29, 0.717) is 24.1 Å². The average molecular weight is 1420 g/mol. The lowest BCUT2D eigenvalue weighted by Gasteiger charge is -2.14. The number of aryl methyl sites for hydroxylation is 2. The van der Waals surface area contributed by atoms with Crippen LogP contribution >= 0.6 is 12.6 Å². The van der Waals surface area contributed by atoms with Gasteiger partial charge in [-0.15, -0.1) is 0 Å². The SMILES string of the molecule is Cc1cc(-n2c3ccc(-c4ccccc4)cc3c3cc(-c4ccccc4)ccc32)ccc1-c1cccc(-c2nc(-c3cccc(-c4cccc(OCCCCCCCCCCCCS)c4)c3)nc(-c3cccc(-c4ccc(-n5c6ccc(-c7ccccc7)cc6c6cc(-c7ccccc7)ccc65)cc4C)c3)n2)c1. The first-order chi connectivity index (χ1) is 53.3. The van der Waals surface area contributed by atoms with Gasteiger partial charge in [-0.1, -0.05) is 276 Å². The molecule has 0 radical (unpaired) electrons. The highest BCUT2D eigenvalue weighted by molar-refractivity contribution is 7.80. The van der Waals surface area contributed by atoms with Gasteiger partial charge < -0.3 is 13.9 Å². The third-order valence-electron chi connectivity index (χ3n) is 21.5. The van der Waals surface area contributed by atoms with Crippen LogP contribution in [0.25, 0.3) is 167 Å². The second-order valence-corrected chi connectivity index (χ2v) is 29.2. The molecule has 17 rings (SSSR count). The Morgan fingerprint density at radius 3 is 0.907 bits per heavy atom. The van der Waals surface area contributed by atoms with E-state index in [4.69, 9.17) is 19.7 Å². The van der Waals surface area contributed by atoms with Gasteiger partial charge in [0.05, 0.1) is 28.7 Å². The van der Waals surface area contributed by atoms with Gasteiger partial charge in [0, 0.05) is 49.6 Å². The molecule has 17 aromatic rings. The molecule has 0 aliphatic heterocycles. The molecule has 526 valence electrons. The number of rotatable bonds is 25. The highest BCUT2D eigenvalue weighted by Crippen LogP contribution is 2.42. The number of fused-ring (bicyclic) bond motifs is 6. The van der Waals surface area contributed by atoms with Crippen molar-refractivity contribution >= 4 is 56.2 Å². The quantitative estimate of drug-likeness (QED) is 0.0458. The molecular formula is C101H85N5OS. The van der Waals surface area contributed by atoms with Crippen LogP contribution in [0.1, 0.15) is 75.3 Å². The molecule has 0 N–H and O–H groups in total. The van der Waals surface area contributed by atoms with Gasteiger partial charge in [0.25, 0.3) is 0 Å². The minimum Gasteiger partial charge on any atom is -0.494 e. The van der Waals surface area contributed by atoms with Gasteiger partial charge in [0.2, 0.25) is 0 Å². The zero-order chi connectivity index (χ0) is 72.7. The summed E-state index contributed by atoms with van der Waals surface area (Å²) in [6, 6.07) is 119. The first-order valence-electron chi connectivity index (χ1n) is 38.3. The van der Waals surface area contributed by atoms with Crippen LogP contribution < -0.4 is 4.74 Å². The van der Waals surface area contributed by atoms with Crippen LogP contribution in [-0.2, 0) is 0 Å². The molecule has 6 nitrogen and oxygen atoms in total. The minimum atomic E-state index is 0.588. The summed E-state index contributed by atoms with van der Waals surface area (Å²) in [6.07, 6.45) is 12.7. The van der Waals surface area contributed by atoms with Crippen molar-refractivity contribution in [2.24, 2.45) is 0 Å². The van der Waals surface area contributed by atoms with Crippen LogP contribution in [0.15, 0.2) is 328 Å². The number of hydrogen-bond donors (Lipinski definition) is 1. The molecule has 3 heterocycles. The molecule has 0 aliphatic carbocycles. The molecule has 0 aliphatic rings. The summed E-state index contributed by atoms with van der Waals surface area (Å²) in [5.41, 5.74) is 27.9. The Kier molecular flexibility index (Phi) is 20.1. The Labute approximate surface area is 639 Å². The second-order valence-electron chi connectivity index (χ2n) is 28.7. The Morgan fingerprint density at radius 1 is 0.250 bits per heavy atom. The van der Waals surface area contributed by atoms with E-state index in [1.807, 2.05) is 0 Å². The summed E-state index contributed by atoms with van der Waals surface area (Å²) in [4.78, 5) is 16.3. The van der Waals surface area contributed by atoms with Gasteiger partial charge in [-0.25, -0.2) is 15.0 Å². The zero-order valence-corrected chi connectivity index (χ0v) is 62.1. The maximum absolute atomic E-state index is 6.42. The largest absolute Gasteiger partial charge is 0.494 e. The summed E-state index contributed by atoms with van der Waals surface area (Å²) in [7, 11) is 0. The normalized spacial score (nSPS) is 11.5. The standard InChI is InChI=1S/C101H85N5OS/c1-69-59-86(105-95-53-45-77(71-29-15-11-16-30-71)65-91(95)92-66-78(46-54-96(92)105)72-31-17-12-18-32-72)49-51-89(69)81-39-26-42-84(62-81)100-102-99(83-41-25-37-75(61-83)76-38-28-44-88(64-76)107-57-23-9-7-5-3-4-6-8-10-24-58-108)103-101(104-100)85-43-27-40-82(63-85)90-52-50-87(60-70(90)2)106-97-55-47-79(73-33-19-13-20-34-73)67-93(97)94-68-80(48-56-98(94)106)74-35-21-14-22-36-74/h11-22,25-56,59-68,108H,3-10,23-24,57-58H2,1-2H3. The topological polar surface area (TPSA) is 57.8 Å². The predicted octanol–water partition coefficient (Wildman–Crippen LogP) is 27.6. The second kappa shape index (κ2) is 31.5. The van der Waals surface area contributed by atoms with Gasteiger partial charge in [-0.2, -0.15) is 12.6 Å². The van der Waals surface area contributed by atoms with E-state index in [9.17, 15) is 0 Å². The molecule has 0 bridgehead atoms. The molecule has 14 aromatic carbocycles. The molecular weight excluding hydrogens is 1330 g/mol. The van der Waals surface area contributed by atoms with E-state index < -0.39 is 0 Å². The Bertz CT molecular complexity index is 5580. The third kappa shape index (κ3) is 14.5. The lowest BCUT2D eigenvalue weighted by atomic mass is 9.97. The highest BCUT2D eigenvalue weighted by atomic mass is 32.1. The summed E-state index contributed by atoms with van der Waals surface area (Å²) in [5.74, 6) is 3.64. The maximum atomic E-state index is 6.42. The molecule has 0 saturated carbocycles. The monoisotopic (exact) mass is 1420 g/mol. The molecule has 108 heavy (non-hydrogen) atoms. The summed E-state index contributed by atoms with van der Waals surface area (Å²) < 4.78 is 11.3. The smallest absolute Gasteiger partial charge is 0.164 e. The number of ether oxygens (including phenoxy) is 1. The number of thiol groups is 1. The summed E-state index contributed by atoms with van der Waals surface area (Å²) in [5, 5.41) is 4.86. The third-order valence-corrected chi connectivity index (χ3v) is 21.8. The van der Waals surface area contributed by atoms with E-state index in [1.54, 1.807) is 0 Å². The lowest BCUT2D eigenvalue weighted by Crippen LogP contribution is -2.01. The number of hydrogen-bond acceptors (Lipinski definition) is 5. The van der Waals surface area contributed by atoms with Crippen LogP contribution in [0, 0.1) is 13.8 Å².